The van der Waals surface area contributed by atoms with Gasteiger partial charge in [0.1, 0.15) is 6.61 Å². The number of hydrogen-bond donors (Lipinski definition) is 1. The summed E-state index contributed by atoms with van der Waals surface area (Å²) in [6.45, 7) is 3.51. The molecule has 1 aliphatic carbocycles. The zero-order valence-electron chi connectivity index (χ0n) is 19.2. The number of esters is 2. The number of aromatic nitrogens is 2. The van der Waals surface area contributed by atoms with Gasteiger partial charge in [-0.1, -0.05) is 42.1 Å². The van der Waals surface area contributed by atoms with E-state index in [0.29, 0.717) is 10.9 Å². The summed E-state index contributed by atoms with van der Waals surface area (Å²) < 4.78 is 10.6. The highest BCUT2D eigenvalue weighted by Gasteiger charge is 2.44. The Kier molecular flexibility index (Phi) is 7.16. The summed E-state index contributed by atoms with van der Waals surface area (Å²) >= 11 is 1.18. The molecule has 1 atom stereocenters. The van der Waals surface area contributed by atoms with E-state index in [2.05, 4.69) is 15.3 Å². The Bertz CT molecular complexity index is 1110. The Hall–Kier alpha value is -3.40. The summed E-state index contributed by atoms with van der Waals surface area (Å²) in [4.78, 5) is 48.6. The van der Waals surface area contributed by atoms with Crippen LogP contribution in [0.2, 0.25) is 0 Å². The van der Waals surface area contributed by atoms with Gasteiger partial charge in [-0.15, -0.1) is 0 Å². The Morgan fingerprint density at radius 2 is 1.82 bits per heavy atom. The normalized spacial score (nSPS) is 17.9. The first-order valence-corrected chi connectivity index (χ1v) is 11.9. The molecular weight excluding hydrogens is 456 g/mol. The molecule has 4 rings (SSSR count). The van der Waals surface area contributed by atoms with Gasteiger partial charge in [-0.25, -0.2) is 19.6 Å². The third-order valence-corrected chi connectivity index (χ3v) is 6.30. The first-order chi connectivity index (χ1) is 16.4. The molecule has 178 valence electrons. The zero-order valence-corrected chi connectivity index (χ0v) is 20.1. The predicted octanol–water partition coefficient (Wildman–Crippen LogP) is 3.08. The molecule has 1 aromatic heterocycles. The van der Waals surface area contributed by atoms with Gasteiger partial charge in [0.15, 0.2) is 5.16 Å². The summed E-state index contributed by atoms with van der Waals surface area (Å²) in [5.74, 6) is -1.08. The molecule has 1 saturated carbocycles. The minimum absolute atomic E-state index is 0.00146. The molecule has 10 heteroatoms. The number of urea groups is 1. The van der Waals surface area contributed by atoms with Gasteiger partial charge in [-0.3, -0.25) is 9.69 Å². The SMILES string of the molecule is COC(=O)C1=C(COC(=O)CSc2nc(C)cc(C)n2)N(C2CC2)C(=O)NC1c1ccccc1. The van der Waals surface area contributed by atoms with Crippen LogP contribution in [0, 0.1) is 13.8 Å². The van der Waals surface area contributed by atoms with Crippen LogP contribution < -0.4 is 5.32 Å². The van der Waals surface area contributed by atoms with Crippen LogP contribution >= 0.6 is 11.8 Å². The van der Waals surface area contributed by atoms with E-state index in [1.807, 2.05) is 50.2 Å². The van der Waals surface area contributed by atoms with Gasteiger partial charge in [0, 0.05) is 17.4 Å². The van der Waals surface area contributed by atoms with Crippen molar-refractivity contribution in [2.45, 2.75) is 43.9 Å². The van der Waals surface area contributed by atoms with Crippen molar-refractivity contribution in [3.05, 3.63) is 64.6 Å². The van der Waals surface area contributed by atoms with Crippen LogP contribution in [0.4, 0.5) is 4.79 Å². The van der Waals surface area contributed by atoms with E-state index < -0.39 is 18.0 Å². The molecule has 0 radical (unpaired) electrons. The lowest BCUT2D eigenvalue weighted by Gasteiger charge is -2.36. The Labute approximate surface area is 201 Å². The lowest BCUT2D eigenvalue weighted by atomic mass is 9.94. The van der Waals surface area contributed by atoms with Crippen molar-refractivity contribution in [1.82, 2.24) is 20.2 Å². The molecule has 1 unspecified atom stereocenters. The highest BCUT2D eigenvalue weighted by atomic mass is 32.2. The second kappa shape index (κ2) is 10.3. The maximum Gasteiger partial charge on any atom is 0.338 e. The predicted molar refractivity (Wildman–Crippen MR) is 125 cm³/mol. The molecule has 34 heavy (non-hydrogen) atoms. The number of carbonyl (C=O) groups excluding carboxylic acids is 3. The van der Waals surface area contributed by atoms with Gasteiger partial charge in [0.25, 0.3) is 0 Å². The lowest BCUT2D eigenvalue weighted by molar-refractivity contribution is -0.141. The highest BCUT2D eigenvalue weighted by molar-refractivity contribution is 7.99. The molecule has 0 saturated heterocycles. The Morgan fingerprint density at radius 3 is 2.44 bits per heavy atom. The number of amides is 2. The first-order valence-electron chi connectivity index (χ1n) is 10.9. The van der Waals surface area contributed by atoms with E-state index in [1.54, 1.807) is 0 Å². The fourth-order valence-electron chi connectivity index (χ4n) is 3.86. The molecule has 2 amide bonds. The number of rotatable bonds is 8. The van der Waals surface area contributed by atoms with Gasteiger partial charge in [-0.2, -0.15) is 0 Å². The molecule has 1 aromatic carbocycles. The third kappa shape index (κ3) is 5.39. The number of nitrogens with one attached hydrogen (secondary N) is 1. The number of carbonyl (C=O) groups is 3. The van der Waals surface area contributed by atoms with Crippen LogP contribution in [0.1, 0.15) is 35.8 Å². The van der Waals surface area contributed by atoms with E-state index in [1.165, 1.54) is 23.8 Å². The number of hydrogen-bond acceptors (Lipinski definition) is 8. The Balaban J connectivity index is 1.57. The Morgan fingerprint density at radius 1 is 1.15 bits per heavy atom. The number of methoxy groups -OCH3 is 1. The third-order valence-electron chi connectivity index (χ3n) is 5.48. The van der Waals surface area contributed by atoms with Gasteiger partial charge in [-0.05, 0) is 38.3 Å². The smallest absolute Gasteiger partial charge is 0.338 e. The molecule has 0 bridgehead atoms. The summed E-state index contributed by atoms with van der Waals surface area (Å²) in [5.41, 5.74) is 2.98. The summed E-state index contributed by atoms with van der Waals surface area (Å²) in [7, 11) is 1.29. The highest BCUT2D eigenvalue weighted by Crippen LogP contribution is 2.38. The number of aryl methyl sites for hydroxylation is 2. The van der Waals surface area contributed by atoms with E-state index in [0.717, 1.165) is 29.8 Å². The van der Waals surface area contributed by atoms with Gasteiger partial charge >= 0.3 is 18.0 Å². The number of nitrogens with zero attached hydrogens (tertiary/aromatic N) is 3. The fraction of sp³-hybridized carbons (Fsp3) is 0.375. The van der Waals surface area contributed by atoms with Crippen molar-refractivity contribution in [2.24, 2.45) is 0 Å². The number of benzene rings is 1. The number of thioether (sulfide) groups is 1. The van der Waals surface area contributed by atoms with Crippen molar-refractivity contribution in [1.29, 1.82) is 0 Å². The van der Waals surface area contributed by atoms with Crippen LogP contribution in [-0.4, -0.2) is 58.3 Å². The van der Waals surface area contributed by atoms with Crippen LogP contribution in [0.15, 0.2) is 52.8 Å². The maximum atomic E-state index is 13.0. The fourth-order valence-corrected chi connectivity index (χ4v) is 4.61. The largest absolute Gasteiger partial charge is 0.466 e. The molecular formula is C24H26N4O5S. The van der Waals surface area contributed by atoms with E-state index in [9.17, 15) is 14.4 Å². The van der Waals surface area contributed by atoms with Crippen LogP contribution in [0.25, 0.3) is 0 Å². The average Bonchev–Trinajstić information content (AvgIpc) is 3.65. The second-order valence-electron chi connectivity index (χ2n) is 8.13. The molecule has 2 aromatic rings. The van der Waals surface area contributed by atoms with Crippen molar-refractivity contribution in [2.75, 3.05) is 19.5 Å². The van der Waals surface area contributed by atoms with Gasteiger partial charge in [0.2, 0.25) is 0 Å². The van der Waals surface area contributed by atoms with Crippen LogP contribution in [-0.2, 0) is 19.1 Å². The molecule has 1 fully saturated rings. The zero-order chi connectivity index (χ0) is 24.2. The van der Waals surface area contributed by atoms with Crippen LogP contribution in [0.5, 0.6) is 0 Å². The number of ether oxygens (including phenoxy) is 2. The van der Waals surface area contributed by atoms with Crippen molar-refractivity contribution < 1.29 is 23.9 Å². The monoisotopic (exact) mass is 482 g/mol. The minimum Gasteiger partial charge on any atom is -0.466 e. The van der Waals surface area contributed by atoms with E-state index in [-0.39, 0.29) is 30.0 Å². The molecule has 1 aliphatic heterocycles. The van der Waals surface area contributed by atoms with Crippen molar-refractivity contribution >= 4 is 29.7 Å². The summed E-state index contributed by atoms with van der Waals surface area (Å²) in [6.07, 6.45) is 1.63. The molecule has 1 N–H and O–H groups in total. The molecule has 2 aliphatic rings. The van der Waals surface area contributed by atoms with Crippen LogP contribution in [0.3, 0.4) is 0 Å². The van der Waals surface area contributed by atoms with E-state index >= 15 is 0 Å². The topological polar surface area (TPSA) is 111 Å². The van der Waals surface area contributed by atoms with Gasteiger partial charge in [0.05, 0.1) is 30.2 Å². The second-order valence-corrected chi connectivity index (χ2v) is 9.07. The minimum atomic E-state index is -0.706. The standard InChI is InChI=1S/C24H26N4O5S/c1-14-11-15(2)26-23(25-14)34-13-19(29)33-12-18-20(22(30)32-3)21(16-7-5-4-6-8-16)27-24(31)28(18)17-9-10-17/h4-8,11,17,21H,9-10,12-13H2,1-3H3,(H,27,31). The molecule has 0 spiro atoms. The summed E-state index contributed by atoms with van der Waals surface area (Å²) in [5, 5.41) is 3.40. The lowest BCUT2D eigenvalue weighted by Crippen LogP contribution is -2.50. The molecule has 9 nitrogen and oxygen atoms in total. The average molecular weight is 483 g/mol. The quantitative estimate of drug-likeness (QED) is 0.347. The molecule has 2 heterocycles. The first kappa shape index (κ1) is 23.7. The van der Waals surface area contributed by atoms with Crippen molar-refractivity contribution in [3.63, 3.8) is 0 Å². The summed E-state index contributed by atoms with van der Waals surface area (Å²) in [6, 6.07) is 9.94. The van der Waals surface area contributed by atoms with Crippen molar-refractivity contribution in [3.8, 4) is 0 Å². The van der Waals surface area contributed by atoms with E-state index in [4.69, 9.17) is 9.47 Å². The maximum absolute atomic E-state index is 13.0. The van der Waals surface area contributed by atoms with Gasteiger partial charge < -0.3 is 14.8 Å².